The highest BCUT2D eigenvalue weighted by Gasteiger charge is 2.40. The van der Waals surface area contributed by atoms with E-state index in [9.17, 15) is 14.7 Å². The second kappa shape index (κ2) is 9.20. The van der Waals surface area contributed by atoms with Crippen LogP contribution in [-0.4, -0.2) is 42.2 Å². The van der Waals surface area contributed by atoms with Crippen molar-refractivity contribution in [2.75, 3.05) is 0 Å². The molecule has 154 valence electrons. The normalized spacial score (nSPS) is 16.0. The molecule has 0 unspecified atom stereocenters. The Hall–Kier alpha value is -3.36. The van der Waals surface area contributed by atoms with Crippen molar-refractivity contribution in [3.63, 3.8) is 0 Å². The maximum Gasteiger partial charge on any atom is 0.327 e. The van der Waals surface area contributed by atoms with Crippen LogP contribution >= 0.6 is 24.0 Å². The molecule has 3 aromatic rings. The summed E-state index contributed by atoms with van der Waals surface area (Å²) in [6.45, 7) is 0. The summed E-state index contributed by atoms with van der Waals surface area (Å²) in [4.78, 5) is 34.7. The standard InChI is InChI=1S/C23H17N3O3S2/c27-21-20(11-16-7-4-8-17(9-16)18-12-24-14-25-13-18)31-23(30)26(21)19(22(28)29)10-15-5-2-1-3-6-15/h1-9,11-14,19H,10H2,(H,28,29)/b20-11-/t19-/m0/s1. The van der Waals surface area contributed by atoms with Gasteiger partial charge in [0.25, 0.3) is 5.91 Å². The predicted molar refractivity (Wildman–Crippen MR) is 124 cm³/mol. The smallest absolute Gasteiger partial charge is 0.327 e. The van der Waals surface area contributed by atoms with E-state index >= 15 is 0 Å². The van der Waals surface area contributed by atoms with Crippen LogP contribution in [0.4, 0.5) is 0 Å². The summed E-state index contributed by atoms with van der Waals surface area (Å²) < 4.78 is 0.243. The van der Waals surface area contributed by atoms with Gasteiger partial charge in [-0.25, -0.2) is 14.8 Å². The number of thioether (sulfide) groups is 1. The molecule has 1 saturated heterocycles. The Labute approximate surface area is 188 Å². The summed E-state index contributed by atoms with van der Waals surface area (Å²) >= 11 is 6.49. The Kier molecular flexibility index (Phi) is 6.20. The van der Waals surface area contributed by atoms with E-state index < -0.39 is 17.9 Å². The number of amides is 1. The molecule has 0 bridgehead atoms. The van der Waals surface area contributed by atoms with Gasteiger partial charge < -0.3 is 5.11 Å². The fourth-order valence-electron chi connectivity index (χ4n) is 3.28. The lowest BCUT2D eigenvalue weighted by Crippen LogP contribution is -2.45. The van der Waals surface area contributed by atoms with Gasteiger partial charge in [-0.2, -0.15) is 0 Å². The molecule has 0 spiro atoms. The van der Waals surface area contributed by atoms with E-state index in [1.165, 1.54) is 11.2 Å². The molecule has 6 nitrogen and oxygen atoms in total. The Bertz CT molecular complexity index is 1170. The SMILES string of the molecule is O=C(O)[C@H](Cc1ccccc1)N1C(=O)/C(=C/c2cccc(-c3cncnc3)c2)SC1=S. The van der Waals surface area contributed by atoms with Gasteiger partial charge in [-0.05, 0) is 28.8 Å². The second-order valence-electron chi connectivity index (χ2n) is 6.85. The first-order chi connectivity index (χ1) is 15.0. The fourth-order valence-corrected chi connectivity index (χ4v) is 4.64. The minimum absolute atomic E-state index is 0.180. The van der Waals surface area contributed by atoms with Gasteiger partial charge in [0.15, 0.2) is 0 Å². The van der Waals surface area contributed by atoms with Crippen molar-refractivity contribution in [3.05, 3.63) is 89.4 Å². The van der Waals surface area contributed by atoms with Gasteiger partial charge in [-0.1, -0.05) is 72.5 Å². The second-order valence-corrected chi connectivity index (χ2v) is 8.52. The zero-order valence-corrected chi connectivity index (χ0v) is 17.8. The van der Waals surface area contributed by atoms with E-state index in [-0.39, 0.29) is 10.7 Å². The number of carbonyl (C=O) groups is 2. The lowest BCUT2D eigenvalue weighted by Gasteiger charge is -2.23. The van der Waals surface area contributed by atoms with Gasteiger partial charge in [-0.3, -0.25) is 9.69 Å². The fraction of sp³-hybridized carbons (Fsp3) is 0.0870. The molecule has 0 aliphatic carbocycles. The lowest BCUT2D eigenvalue weighted by molar-refractivity contribution is -0.145. The number of carbonyl (C=O) groups excluding carboxylic acids is 1. The van der Waals surface area contributed by atoms with E-state index in [4.69, 9.17) is 12.2 Å². The Morgan fingerprint density at radius 1 is 1.10 bits per heavy atom. The molecule has 1 aliphatic rings. The van der Waals surface area contributed by atoms with Gasteiger partial charge in [0, 0.05) is 24.4 Å². The molecule has 1 N–H and O–H groups in total. The van der Waals surface area contributed by atoms with Crippen molar-refractivity contribution in [3.8, 4) is 11.1 Å². The van der Waals surface area contributed by atoms with Crippen molar-refractivity contribution in [1.82, 2.24) is 14.9 Å². The van der Waals surface area contributed by atoms with Crippen molar-refractivity contribution in [2.45, 2.75) is 12.5 Å². The minimum atomic E-state index is -1.09. The molecule has 4 rings (SSSR count). The van der Waals surface area contributed by atoms with Crippen LogP contribution in [0, 0.1) is 0 Å². The zero-order chi connectivity index (χ0) is 21.8. The summed E-state index contributed by atoms with van der Waals surface area (Å²) in [7, 11) is 0. The first kappa shape index (κ1) is 20.9. The van der Waals surface area contributed by atoms with Crippen LogP contribution in [0.1, 0.15) is 11.1 Å². The number of aliphatic carboxylic acids is 1. The number of carboxylic acids is 1. The molecule has 0 saturated carbocycles. The van der Waals surface area contributed by atoms with E-state index in [0.29, 0.717) is 4.91 Å². The number of aromatic nitrogens is 2. The van der Waals surface area contributed by atoms with E-state index in [1.807, 2.05) is 54.6 Å². The number of hydrogen-bond acceptors (Lipinski definition) is 6. The quantitative estimate of drug-likeness (QED) is 0.451. The third-order valence-electron chi connectivity index (χ3n) is 4.77. The summed E-state index contributed by atoms with van der Waals surface area (Å²) in [5, 5.41) is 9.77. The Morgan fingerprint density at radius 3 is 2.55 bits per heavy atom. The minimum Gasteiger partial charge on any atom is -0.480 e. The van der Waals surface area contributed by atoms with Gasteiger partial charge in [0.05, 0.1) is 4.91 Å². The number of nitrogens with zero attached hydrogens (tertiary/aromatic N) is 3. The summed E-state index contributed by atoms with van der Waals surface area (Å²) in [6.07, 6.45) is 6.81. The average Bonchev–Trinajstić information content (AvgIpc) is 3.06. The summed E-state index contributed by atoms with van der Waals surface area (Å²) in [5.74, 6) is -1.49. The molecule has 2 heterocycles. The molecular weight excluding hydrogens is 430 g/mol. The molecule has 2 aromatic carbocycles. The maximum atomic E-state index is 13.1. The molecule has 1 fully saturated rings. The molecule has 1 aliphatic heterocycles. The lowest BCUT2D eigenvalue weighted by atomic mass is 10.0. The van der Waals surface area contributed by atoms with Crippen LogP contribution < -0.4 is 0 Å². The summed E-state index contributed by atoms with van der Waals surface area (Å²) in [6, 6.07) is 15.7. The molecular formula is C23H17N3O3S2. The molecule has 1 aromatic heterocycles. The molecule has 1 amide bonds. The third-order valence-corrected chi connectivity index (χ3v) is 6.10. The van der Waals surface area contributed by atoms with Crippen molar-refractivity contribution in [2.24, 2.45) is 0 Å². The topological polar surface area (TPSA) is 83.4 Å². The molecule has 0 radical (unpaired) electrons. The van der Waals surface area contributed by atoms with Crippen LogP contribution in [0.5, 0.6) is 0 Å². The van der Waals surface area contributed by atoms with Crippen molar-refractivity contribution >= 4 is 46.3 Å². The highest BCUT2D eigenvalue weighted by atomic mass is 32.2. The van der Waals surface area contributed by atoms with E-state index in [0.717, 1.165) is 34.0 Å². The number of thiocarbonyl (C=S) groups is 1. The highest BCUT2D eigenvalue weighted by Crippen LogP contribution is 2.35. The predicted octanol–water partition coefficient (Wildman–Crippen LogP) is 4.04. The molecule has 1 atom stereocenters. The van der Waals surface area contributed by atoms with Crippen LogP contribution in [-0.2, 0) is 16.0 Å². The number of rotatable bonds is 6. The van der Waals surface area contributed by atoms with Gasteiger partial charge in [-0.15, -0.1) is 0 Å². The number of carboxylic acid groups (broad SMARTS) is 1. The monoisotopic (exact) mass is 447 g/mol. The first-order valence-corrected chi connectivity index (χ1v) is 10.6. The largest absolute Gasteiger partial charge is 0.480 e. The first-order valence-electron chi connectivity index (χ1n) is 9.42. The van der Waals surface area contributed by atoms with Crippen LogP contribution in [0.2, 0.25) is 0 Å². The molecule has 31 heavy (non-hydrogen) atoms. The molecule has 8 heteroatoms. The van der Waals surface area contributed by atoms with Crippen molar-refractivity contribution in [1.29, 1.82) is 0 Å². The van der Waals surface area contributed by atoms with Crippen LogP contribution in [0.25, 0.3) is 17.2 Å². The van der Waals surface area contributed by atoms with Crippen LogP contribution in [0.15, 0.2) is 78.2 Å². The maximum absolute atomic E-state index is 13.1. The Balaban J connectivity index is 1.60. The van der Waals surface area contributed by atoms with Gasteiger partial charge >= 0.3 is 5.97 Å². The van der Waals surface area contributed by atoms with E-state index in [1.54, 1.807) is 18.5 Å². The Morgan fingerprint density at radius 2 is 1.84 bits per heavy atom. The van der Waals surface area contributed by atoms with Crippen molar-refractivity contribution < 1.29 is 14.7 Å². The summed E-state index contributed by atoms with van der Waals surface area (Å²) in [5.41, 5.74) is 3.40. The third kappa shape index (κ3) is 4.70. The number of hydrogen-bond donors (Lipinski definition) is 1. The van der Waals surface area contributed by atoms with Crippen LogP contribution in [0.3, 0.4) is 0 Å². The van der Waals surface area contributed by atoms with Gasteiger partial charge in [0.2, 0.25) is 0 Å². The van der Waals surface area contributed by atoms with E-state index in [2.05, 4.69) is 9.97 Å². The number of benzene rings is 2. The zero-order valence-electron chi connectivity index (χ0n) is 16.2. The van der Waals surface area contributed by atoms with Gasteiger partial charge in [0.1, 0.15) is 16.7 Å². The average molecular weight is 448 g/mol. The highest BCUT2D eigenvalue weighted by molar-refractivity contribution is 8.26.